The van der Waals surface area contributed by atoms with Crippen molar-refractivity contribution in [3.63, 3.8) is 0 Å². The van der Waals surface area contributed by atoms with Crippen LogP contribution in [0.25, 0.3) is 0 Å². The van der Waals surface area contributed by atoms with Crippen LogP contribution in [0.3, 0.4) is 0 Å². The van der Waals surface area contributed by atoms with Crippen LogP contribution in [0.15, 0.2) is 0 Å². The molecular weight excluding hydrogens is 190 g/mol. The zero-order chi connectivity index (χ0) is 8.97. The molecule has 1 rings (SSSR count). The van der Waals surface area contributed by atoms with E-state index in [9.17, 15) is 0 Å². The minimum atomic E-state index is 0.197. The second-order valence-electron chi connectivity index (χ2n) is 3.03. The smallest absolute Gasteiger partial charge is 0.0624 e. The summed E-state index contributed by atoms with van der Waals surface area (Å²) in [5, 5.41) is 1.25. The van der Waals surface area contributed by atoms with Crippen molar-refractivity contribution in [3.05, 3.63) is 0 Å². The summed E-state index contributed by atoms with van der Waals surface area (Å²) in [5.41, 5.74) is 5.99. The van der Waals surface area contributed by atoms with Crippen molar-refractivity contribution in [2.75, 3.05) is 25.2 Å². The first kappa shape index (κ1) is 10.7. The maximum Gasteiger partial charge on any atom is 0.0624 e. The quantitative estimate of drug-likeness (QED) is 0.754. The van der Waals surface area contributed by atoms with E-state index in [1.54, 1.807) is 7.11 Å². The number of methoxy groups -OCH3 is 1. The molecule has 0 bridgehead atoms. The van der Waals surface area contributed by atoms with E-state index in [4.69, 9.17) is 10.5 Å². The third-order valence-corrected chi connectivity index (χ3v) is 5.29. The van der Waals surface area contributed by atoms with Gasteiger partial charge in [-0.05, 0) is 0 Å². The first-order valence-electron chi connectivity index (χ1n) is 4.23. The number of thioether (sulfide) groups is 2. The number of ether oxygens (including phenoxy) is 1. The van der Waals surface area contributed by atoms with Crippen LogP contribution in [0.4, 0.5) is 0 Å². The lowest BCUT2D eigenvalue weighted by atomic mass is 10.2. The molecule has 0 aliphatic carbocycles. The fraction of sp³-hybridized carbons (Fsp3) is 1.00. The van der Waals surface area contributed by atoms with Gasteiger partial charge in [0, 0.05) is 35.2 Å². The molecule has 0 spiro atoms. The Morgan fingerprint density at radius 1 is 1.50 bits per heavy atom. The Hall–Kier alpha value is 0.620. The largest absolute Gasteiger partial charge is 0.383 e. The molecule has 1 aliphatic rings. The Morgan fingerprint density at radius 2 is 2.17 bits per heavy atom. The lowest BCUT2D eigenvalue weighted by Gasteiger charge is -2.31. The van der Waals surface area contributed by atoms with E-state index in [1.165, 1.54) is 11.5 Å². The number of hydrogen-bond acceptors (Lipinski definition) is 4. The normalized spacial score (nSPS) is 33.2. The predicted octanol–water partition coefficient (Wildman–Crippen LogP) is 1.20. The van der Waals surface area contributed by atoms with Gasteiger partial charge in [-0.15, -0.1) is 0 Å². The van der Waals surface area contributed by atoms with Gasteiger partial charge in [-0.1, -0.05) is 6.92 Å². The van der Waals surface area contributed by atoms with E-state index < -0.39 is 0 Å². The highest BCUT2D eigenvalue weighted by Gasteiger charge is 2.27. The Labute approximate surface area is 83.0 Å². The van der Waals surface area contributed by atoms with E-state index in [2.05, 4.69) is 6.92 Å². The average Bonchev–Trinajstić information content (AvgIpc) is 2.05. The topological polar surface area (TPSA) is 35.2 Å². The van der Waals surface area contributed by atoms with Crippen LogP contribution in [0.5, 0.6) is 0 Å². The van der Waals surface area contributed by atoms with Gasteiger partial charge < -0.3 is 10.5 Å². The van der Waals surface area contributed by atoms with Gasteiger partial charge in [0.1, 0.15) is 0 Å². The van der Waals surface area contributed by atoms with Crippen LogP contribution in [0, 0.1) is 0 Å². The van der Waals surface area contributed by atoms with Crippen LogP contribution in [-0.4, -0.2) is 41.8 Å². The highest BCUT2D eigenvalue weighted by Crippen LogP contribution is 2.32. The summed E-state index contributed by atoms with van der Waals surface area (Å²) in [4.78, 5) is 0. The van der Waals surface area contributed by atoms with Crippen LogP contribution in [-0.2, 0) is 4.74 Å². The molecule has 72 valence electrons. The van der Waals surface area contributed by atoms with Crippen LogP contribution in [0.1, 0.15) is 6.92 Å². The molecular formula is C8H17NOS2. The maximum atomic E-state index is 5.99. The molecule has 0 aromatic carbocycles. The average molecular weight is 207 g/mol. The van der Waals surface area contributed by atoms with Crippen molar-refractivity contribution in [3.8, 4) is 0 Å². The standard InChI is InChI=1S/C8H17NOS2/c1-6-8(7(9)5-10-2)12-4-3-11-6/h6-8H,3-5,9H2,1-2H3. The Balaban J connectivity index is 2.36. The zero-order valence-electron chi connectivity index (χ0n) is 7.66. The molecule has 12 heavy (non-hydrogen) atoms. The van der Waals surface area contributed by atoms with Crippen molar-refractivity contribution >= 4 is 23.5 Å². The molecule has 2 N–H and O–H groups in total. The summed E-state index contributed by atoms with van der Waals surface area (Å²) in [6, 6.07) is 0.197. The summed E-state index contributed by atoms with van der Waals surface area (Å²) in [6.45, 7) is 2.94. The summed E-state index contributed by atoms with van der Waals surface area (Å²) in [7, 11) is 1.71. The first-order valence-corrected chi connectivity index (χ1v) is 6.33. The van der Waals surface area contributed by atoms with E-state index >= 15 is 0 Å². The molecule has 1 heterocycles. The highest BCUT2D eigenvalue weighted by atomic mass is 32.2. The number of hydrogen-bond donors (Lipinski definition) is 1. The number of rotatable bonds is 3. The highest BCUT2D eigenvalue weighted by molar-refractivity contribution is 8.07. The van der Waals surface area contributed by atoms with Crippen molar-refractivity contribution in [1.82, 2.24) is 0 Å². The van der Waals surface area contributed by atoms with Gasteiger partial charge in [0.15, 0.2) is 0 Å². The second kappa shape index (κ2) is 5.37. The first-order chi connectivity index (χ1) is 5.75. The lowest BCUT2D eigenvalue weighted by molar-refractivity contribution is 0.179. The van der Waals surface area contributed by atoms with Gasteiger partial charge >= 0.3 is 0 Å². The second-order valence-corrected chi connectivity index (χ2v) is 5.80. The Kier molecular flexibility index (Phi) is 4.79. The van der Waals surface area contributed by atoms with E-state index in [-0.39, 0.29) is 6.04 Å². The van der Waals surface area contributed by atoms with Gasteiger partial charge in [-0.3, -0.25) is 0 Å². The Bertz CT molecular complexity index is 134. The summed E-state index contributed by atoms with van der Waals surface area (Å²) >= 11 is 4.02. The SMILES string of the molecule is COCC(N)C1SCCSC1C. The minimum Gasteiger partial charge on any atom is -0.383 e. The van der Waals surface area contributed by atoms with Crippen LogP contribution in [0.2, 0.25) is 0 Å². The van der Waals surface area contributed by atoms with Gasteiger partial charge in [0.05, 0.1) is 6.61 Å². The molecule has 3 atom stereocenters. The molecule has 1 aliphatic heterocycles. The summed E-state index contributed by atoms with van der Waals surface area (Å²) < 4.78 is 5.06. The molecule has 3 unspecified atom stereocenters. The van der Waals surface area contributed by atoms with Crippen molar-refractivity contribution < 1.29 is 4.74 Å². The third-order valence-electron chi connectivity index (χ3n) is 2.02. The molecule has 0 saturated carbocycles. The van der Waals surface area contributed by atoms with Gasteiger partial charge in [0.25, 0.3) is 0 Å². The third kappa shape index (κ3) is 2.83. The predicted molar refractivity (Wildman–Crippen MR) is 58.0 cm³/mol. The summed E-state index contributed by atoms with van der Waals surface area (Å²) in [6.07, 6.45) is 0. The molecule has 0 radical (unpaired) electrons. The van der Waals surface area contributed by atoms with Crippen molar-refractivity contribution in [2.24, 2.45) is 5.73 Å². The molecule has 1 fully saturated rings. The minimum absolute atomic E-state index is 0.197. The van der Waals surface area contributed by atoms with E-state index in [0.717, 1.165) is 0 Å². The maximum absolute atomic E-state index is 5.99. The van der Waals surface area contributed by atoms with Gasteiger partial charge in [0.2, 0.25) is 0 Å². The summed E-state index contributed by atoms with van der Waals surface area (Å²) in [5.74, 6) is 2.50. The zero-order valence-corrected chi connectivity index (χ0v) is 9.29. The molecule has 4 heteroatoms. The molecule has 0 aromatic heterocycles. The lowest BCUT2D eigenvalue weighted by Crippen LogP contribution is -2.43. The van der Waals surface area contributed by atoms with Crippen LogP contribution >= 0.6 is 23.5 Å². The fourth-order valence-electron chi connectivity index (χ4n) is 1.41. The Morgan fingerprint density at radius 3 is 2.75 bits per heavy atom. The monoisotopic (exact) mass is 207 g/mol. The van der Waals surface area contributed by atoms with Crippen LogP contribution < -0.4 is 5.73 Å². The van der Waals surface area contributed by atoms with Gasteiger partial charge in [-0.2, -0.15) is 23.5 Å². The molecule has 0 aromatic rings. The fourth-order valence-corrected chi connectivity index (χ4v) is 4.28. The molecule has 0 amide bonds. The molecule has 2 nitrogen and oxygen atoms in total. The molecule has 1 saturated heterocycles. The van der Waals surface area contributed by atoms with Crippen molar-refractivity contribution in [1.29, 1.82) is 0 Å². The van der Waals surface area contributed by atoms with Gasteiger partial charge in [-0.25, -0.2) is 0 Å². The number of nitrogens with two attached hydrogens (primary N) is 1. The van der Waals surface area contributed by atoms with E-state index in [1.807, 2.05) is 23.5 Å². The van der Waals surface area contributed by atoms with E-state index in [0.29, 0.717) is 17.1 Å². The van der Waals surface area contributed by atoms with Crippen molar-refractivity contribution in [2.45, 2.75) is 23.5 Å².